The highest BCUT2D eigenvalue weighted by Gasteiger charge is 2.40. The fourth-order valence-corrected chi connectivity index (χ4v) is 4.45. The first-order valence-corrected chi connectivity index (χ1v) is 10.8. The quantitative estimate of drug-likeness (QED) is 0.609. The Kier molecular flexibility index (Phi) is 7.88. The van der Waals surface area contributed by atoms with Gasteiger partial charge in [0, 0.05) is 0 Å². The molecule has 5 nitrogen and oxygen atoms in total. The van der Waals surface area contributed by atoms with Gasteiger partial charge in [-0.1, -0.05) is 42.5 Å². The van der Waals surface area contributed by atoms with Gasteiger partial charge in [-0.3, -0.25) is 4.79 Å². The lowest BCUT2D eigenvalue weighted by atomic mass is 9.64. The molecule has 0 radical (unpaired) electrons. The third kappa shape index (κ3) is 5.61. The van der Waals surface area contributed by atoms with Gasteiger partial charge in [-0.05, 0) is 67.7 Å². The Morgan fingerprint density at radius 1 is 1.13 bits per heavy atom. The number of carbonyl (C=O) groups excluding carboxylic acids is 1. The van der Waals surface area contributed by atoms with E-state index in [1.807, 2.05) is 55.5 Å². The van der Waals surface area contributed by atoms with Crippen molar-refractivity contribution < 1.29 is 24.5 Å². The predicted molar refractivity (Wildman–Crippen MR) is 115 cm³/mol. The lowest BCUT2D eigenvalue weighted by Gasteiger charge is -2.41. The number of hydrogen-bond acceptors (Lipinski definition) is 5. The first-order chi connectivity index (χ1) is 14.6. The molecule has 2 aromatic carbocycles. The summed E-state index contributed by atoms with van der Waals surface area (Å²) < 4.78 is 11.2. The summed E-state index contributed by atoms with van der Waals surface area (Å²) in [5.74, 6) is 0.553. The van der Waals surface area contributed by atoms with Crippen molar-refractivity contribution in [1.29, 1.82) is 0 Å². The highest BCUT2D eigenvalue weighted by Crippen LogP contribution is 2.46. The molecule has 0 heterocycles. The molecule has 0 saturated heterocycles. The van der Waals surface area contributed by atoms with E-state index in [1.54, 1.807) is 0 Å². The van der Waals surface area contributed by atoms with E-state index < -0.39 is 6.10 Å². The molecule has 5 heteroatoms. The minimum absolute atomic E-state index is 0.0955. The van der Waals surface area contributed by atoms with Gasteiger partial charge in [0.2, 0.25) is 0 Å². The summed E-state index contributed by atoms with van der Waals surface area (Å²) in [6, 6.07) is 18.0. The van der Waals surface area contributed by atoms with Crippen LogP contribution >= 0.6 is 0 Å². The molecule has 0 aliphatic heterocycles. The Morgan fingerprint density at radius 3 is 2.53 bits per heavy atom. The molecule has 1 unspecified atom stereocenters. The summed E-state index contributed by atoms with van der Waals surface area (Å²) in [7, 11) is 0. The molecular weight excluding hydrogens is 380 g/mol. The summed E-state index contributed by atoms with van der Waals surface area (Å²) in [4.78, 5) is 12.2. The van der Waals surface area contributed by atoms with Crippen molar-refractivity contribution in [3.8, 4) is 5.75 Å². The summed E-state index contributed by atoms with van der Waals surface area (Å²) in [5.41, 5.74) is 1.89. The average molecular weight is 413 g/mol. The standard InChI is InChI=1S/C25H32O5/c1-2-29-24(28)20-11-13-25(14-12-20,16-22(27)17-26)21-9-6-10-23(15-21)30-18-19-7-4-3-5-8-19/h3-10,15,20,22,26-27H,2,11-14,16-18H2,1H3. The maximum Gasteiger partial charge on any atom is 0.308 e. The van der Waals surface area contributed by atoms with E-state index in [9.17, 15) is 15.0 Å². The molecule has 162 valence electrons. The molecule has 0 bridgehead atoms. The molecular formula is C25H32O5. The minimum Gasteiger partial charge on any atom is -0.489 e. The van der Waals surface area contributed by atoms with Crippen LogP contribution in [0.25, 0.3) is 0 Å². The molecule has 1 saturated carbocycles. The van der Waals surface area contributed by atoms with Crippen LogP contribution in [-0.4, -0.2) is 35.5 Å². The van der Waals surface area contributed by atoms with E-state index in [0.29, 0.717) is 32.5 Å². The molecule has 2 aromatic rings. The number of esters is 1. The van der Waals surface area contributed by atoms with E-state index in [2.05, 4.69) is 6.07 Å². The lowest BCUT2D eigenvalue weighted by Crippen LogP contribution is -2.38. The second kappa shape index (κ2) is 10.6. The smallest absolute Gasteiger partial charge is 0.308 e. The van der Waals surface area contributed by atoms with Crippen LogP contribution in [0.15, 0.2) is 54.6 Å². The number of rotatable bonds is 9. The zero-order chi connectivity index (χ0) is 21.4. The van der Waals surface area contributed by atoms with Crippen LogP contribution in [0.1, 0.15) is 50.2 Å². The Balaban J connectivity index is 1.76. The number of hydrogen-bond donors (Lipinski definition) is 2. The normalized spacial score (nSPS) is 22.3. The molecule has 1 fully saturated rings. The number of ether oxygens (including phenoxy) is 2. The molecule has 1 aliphatic rings. The highest BCUT2D eigenvalue weighted by atomic mass is 16.5. The van der Waals surface area contributed by atoms with Crippen molar-refractivity contribution in [2.75, 3.05) is 13.2 Å². The fourth-order valence-electron chi connectivity index (χ4n) is 4.45. The van der Waals surface area contributed by atoms with Gasteiger partial charge in [0.25, 0.3) is 0 Å². The van der Waals surface area contributed by atoms with Crippen LogP contribution in [0.3, 0.4) is 0 Å². The Labute approximate surface area is 178 Å². The summed E-state index contributed by atoms with van der Waals surface area (Å²) in [6.45, 7) is 2.43. The summed E-state index contributed by atoms with van der Waals surface area (Å²) in [5, 5.41) is 19.7. The molecule has 0 amide bonds. The van der Waals surface area contributed by atoms with E-state index >= 15 is 0 Å². The zero-order valence-corrected chi connectivity index (χ0v) is 17.6. The molecule has 1 aliphatic carbocycles. The molecule has 1 atom stereocenters. The van der Waals surface area contributed by atoms with Gasteiger partial charge in [0.05, 0.1) is 25.2 Å². The third-order valence-corrected chi connectivity index (χ3v) is 6.09. The second-order valence-electron chi connectivity index (χ2n) is 8.15. The zero-order valence-electron chi connectivity index (χ0n) is 17.6. The molecule has 3 rings (SSSR count). The monoisotopic (exact) mass is 412 g/mol. The van der Waals surface area contributed by atoms with Crippen molar-refractivity contribution >= 4 is 5.97 Å². The maximum absolute atomic E-state index is 12.2. The van der Waals surface area contributed by atoms with Crippen LogP contribution in [0, 0.1) is 5.92 Å². The molecule has 2 N–H and O–H groups in total. The van der Waals surface area contributed by atoms with Crippen molar-refractivity contribution in [3.05, 3.63) is 65.7 Å². The maximum atomic E-state index is 12.2. The molecule has 0 spiro atoms. The average Bonchev–Trinajstić information content (AvgIpc) is 2.79. The van der Waals surface area contributed by atoms with Gasteiger partial charge in [-0.25, -0.2) is 0 Å². The molecule has 0 aromatic heterocycles. The first kappa shape index (κ1) is 22.3. The molecule has 30 heavy (non-hydrogen) atoms. The van der Waals surface area contributed by atoms with Gasteiger partial charge in [0.15, 0.2) is 0 Å². The van der Waals surface area contributed by atoms with E-state index in [1.165, 1.54) is 0 Å². The van der Waals surface area contributed by atoms with E-state index in [-0.39, 0.29) is 23.9 Å². The Morgan fingerprint density at radius 2 is 1.87 bits per heavy atom. The Hall–Kier alpha value is -2.37. The van der Waals surface area contributed by atoms with Crippen molar-refractivity contribution in [2.45, 2.75) is 57.2 Å². The Bertz CT molecular complexity index is 796. The van der Waals surface area contributed by atoms with Crippen LogP contribution < -0.4 is 4.74 Å². The number of aliphatic hydroxyl groups excluding tert-OH is 2. The minimum atomic E-state index is -0.793. The number of carbonyl (C=O) groups is 1. The van der Waals surface area contributed by atoms with Crippen molar-refractivity contribution in [2.24, 2.45) is 5.92 Å². The van der Waals surface area contributed by atoms with Crippen molar-refractivity contribution in [1.82, 2.24) is 0 Å². The number of benzene rings is 2. The lowest BCUT2D eigenvalue weighted by molar-refractivity contribution is -0.149. The van der Waals surface area contributed by atoms with Crippen LogP contribution in [0.2, 0.25) is 0 Å². The number of aliphatic hydroxyl groups is 2. The van der Waals surface area contributed by atoms with E-state index in [4.69, 9.17) is 9.47 Å². The summed E-state index contributed by atoms with van der Waals surface area (Å²) >= 11 is 0. The van der Waals surface area contributed by atoms with Gasteiger partial charge in [0.1, 0.15) is 12.4 Å². The highest BCUT2D eigenvalue weighted by molar-refractivity contribution is 5.72. The van der Waals surface area contributed by atoms with Gasteiger partial charge in [-0.15, -0.1) is 0 Å². The van der Waals surface area contributed by atoms with Gasteiger partial charge >= 0.3 is 5.97 Å². The van der Waals surface area contributed by atoms with Crippen LogP contribution in [0.4, 0.5) is 0 Å². The van der Waals surface area contributed by atoms with Gasteiger partial charge in [-0.2, -0.15) is 0 Å². The van der Waals surface area contributed by atoms with Gasteiger partial charge < -0.3 is 19.7 Å². The van der Waals surface area contributed by atoms with Crippen LogP contribution in [-0.2, 0) is 21.6 Å². The SMILES string of the molecule is CCOC(=O)C1CCC(CC(O)CO)(c2cccc(OCc3ccccc3)c2)CC1. The first-order valence-electron chi connectivity index (χ1n) is 10.8. The third-order valence-electron chi connectivity index (χ3n) is 6.09. The van der Waals surface area contributed by atoms with Crippen molar-refractivity contribution in [3.63, 3.8) is 0 Å². The second-order valence-corrected chi connectivity index (χ2v) is 8.15. The topological polar surface area (TPSA) is 76.0 Å². The largest absolute Gasteiger partial charge is 0.489 e. The summed E-state index contributed by atoms with van der Waals surface area (Å²) in [6.07, 6.45) is 2.61. The van der Waals surface area contributed by atoms with E-state index in [0.717, 1.165) is 29.7 Å². The fraction of sp³-hybridized carbons (Fsp3) is 0.480. The predicted octanol–water partition coefficient (Wildman–Crippen LogP) is 4.00. The van der Waals surface area contributed by atoms with Crippen LogP contribution in [0.5, 0.6) is 5.75 Å².